The molecule has 1 aromatic heterocycles. The topological polar surface area (TPSA) is 47.0 Å². The molecule has 1 aromatic carbocycles. The zero-order valence-electron chi connectivity index (χ0n) is 12.7. The van der Waals surface area contributed by atoms with Gasteiger partial charge in [-0.2, -0.15) is 0 Å². The van der Waals surface area contributed by atoms with Crippen LogP contribution in [0.3, 0.4) is 0 Å². The molecule has 5 heteroatoms. The number of nitrogens with zero attached hydrogens (tertiary/aromatic N) is 2. The van der Waals surface area contributed by atoms with Crippen LogP contribution in [0.4, 0.5) is 0 Å². The molecule has 0 aliphatic rings. The van der Waals surface area contributed by atoms with E-state index in [2.05, 4.69) is 34.3 Å². The summed E-state index contributed by atoms with van der Waals surface area (Å²) in [7, 11) is 1.68. The molecule has 0 saturated heterocycles. The molecule has 21 heavy (non-hydrogen) atoms. The molecule has 2 rings (SSSR count). The fourth-order valence-electron chi connectivity index (χ4n) is 1.97. The number of ether oxygens (including phenoxy) is 1. The first-order valence-electron chi connectivity index (χ1n) is 7.01. The van der Waals surface area contributed by atoms with E-state index in [1.54, 1.807) is 18.9 Å². The Morgan fingerprint density at radius 3 is 2.43 bits per heavy atom. The third-order valence-corrected chi connectivity index (χ3v) is 4.07. The van der Waals surface area contributed by atoms with Gasteiger partial charge in [-0.25, -0.2) is 9.97 Å². The quantitative estimate of drug-likeness (QED) is 0.628. The first-order valence-corrected chi connectivity index (χ1v) is 8.00. The molecule has 0 fully saturated rings. The van der Waals surface area contributed by atoms with Gasteiger partial charge in [0.2, 0.25) is 0 Å². The molecule has 4 nitrogen and oxygen atoms in total. The summed E-state index contributed by atoms with van der Waals surface area (Å²) < 4.78 is 5.20. The summed E-state index contributed by atoms with van der Waals surface area (Å²) >= 11 is 1.67. The van der Waals surface area contributed by atoms with E-state index in [4.69, 9.17) is 4.74 Å². The van der Waals surface area contributed by atoms with Crippen LogP contribution in [-0.2, 0) is 0 Å². The highest BCUT2D eigenvalue weighted by Crippen LogP contribution is 2.24. The molecule has 0 aliphatic heterocycles. The highest BCUT2D eigenvalue weighted by molar-refractivity contribution is 7.99. The van der Waals surface area contributed by atoms with Crippen LogP contribution in [0.1, 0.15) is 24.1 Å². The molecule has 0 bridgehead atoms. The third kappa shape index (κ3) is 4.72. The summed E-state index contributed by atoms with van der Waals surface area (Å²) in [4.78, 5) is 8.67. The van der Waals surface area contributed by atoms with E-state index in [0.717, 1.165) is 28.8 Å². The molecule has 0 saturated carbocycles. The van der Waals surface area contributed by atoms with E-state index in [1.807, 2.05) is 31.5 Å². The predicted molar refractivity (Wildman–Crippen MR) is 86.9 cm³/mol. The number of rotatable bonds is 7. The van der Waals surface area contributed by atoms with Gasteiger partial charge in [0.05, 0.1) is 7.11 Å². The van der Waals surface area contributed by atoms with Crippen molar-refractivity contribution in [1.29, 1.82) is 0 Å². The van der Waals surface area contributed by atoms with E-state index in [-0.39, 0.29) is 6.04 Å². The second-order valence-electron chi connectivity index (χ2n) is 4.74. The zero-order chi connectivity index (χ0) is 15.1. The van der Waals surface area contributed by atoms with Crippen molar-refractivity contribution in [2.45, 2.75) is 25.0 Å². The van der Waals surface area contributed by atoms with Crippen molar-refractivity contribution in [2.75, 3.05) is 19.4 Å². The first-order chi connectivity index (χ1) is 10.2. The minimum absolute atomic E-state index is 0.274. The summed E-state index contributed by atoms with van der Waals surface area (Å²) in [5, 5.41) is 4.32. The van der Waals surface area contributed by atoms with Gasteiger partial charge in [0.1, 0.15) is 5.75 Å². The molecular formula is C16H21N3OS. The Morgan fingerprint density at radius 2 is 1.86 bits per heavy atom. The van der Waals surface area contributed by atoms with Crippen LogP contribution in [0.2, 0.25) is 0 Å². The van der Waals surface area contributed by atoms with E-state index in [1.165, 1.54) is 5.56 Å². The number of benzene rings is 1. The molecule has 112 valence electrons. The smallest absolute Gasteiger partial charge is 0.187 e. The lowest BCUT2D eigenvalue weighted by Gasteiger charge is -2.18. The van der Waals surface area contributed by atoms with Crippen LogP contribution in [0.25, 0.3) is 0 Å². The zero-order valence-corrected chi connectivity index (χ0v) is 13.5. The molecule has 0 radical (unpaired) electrons. The molecule has 1 unspecified atom stereocenters. The van der Waals surface area contributed by atoms with E-state index < -0.39 is 0 Å². The van der Waals surface area contributed by atoms with Crippen LogP contribution in [0, 0.1) is 6.92 Å². The normalized spacial score (nSPS) is 12.1. The number of nitrogens with one attached hydrogen (secondary N) is 1. The highest BCUT2D eigenvalue weighted by atomic mass is 32.2. The Bertz CT molecular complexity index is 542. The Balaban J connectivity index is 2.02. The third-order valence-electron chi connectivity index (χ3n) is 3.11. The number of thioether (sulfide) groups is 1. The lowest BCUT2D eigenvalue weighted by Crippen LogP contribution is -2.23. The standard InChI is InChI=1S/C16H21N3OS/c1-4-17-15(13-5-7-14(20-3)8-6-13)11-21-16-18-9-12(2)10-19-16/h5-10,15,17H,4,11H2,1-3H3. The first kappa shape index (κ1) is 15.8. The van der Waals surface area contributed by atoms with Gasteiger partial charge in [-0.1, -0.05) is 30.8 Å². The van der Waals surface area contributed by atoms with Crippen molar-refractivity contribution in [3.8, 4) is 5.75 Å². The summed E-state index contributed by atoms with van der Waals surface area (Å²) in [6.07, 6.45) is 3.70. The molecule has 0 spiro atoms. The van der Waals surface area contributed by atoms with Gasteiger partial charge < -0.3 is 10.1 Å². The van der Waals surface area contributed by atoms with Crippen molar-refractivity contribution in [1.82, 2.24) is 15.3 Å². The summed E-state index contributed by atoms with van der Waals surface area (Å²) in [6.45, 7) is 5.03. The summed E-state index contributed by atoms with van der Waals surface area (Å²) in [5.74, 6) is 1.77. The fourth-order valence-corrected chi connectivity index (χ4v) is 2.85. The molecule has 2 aromatic rings. The van der Waals surface area contributed by atoms with Crippen LogP contribution in [-0.4, -0.2) is 29.4 Å². The molecular weight excluding hydrogens is 282 g/mol. The van der Waals surface area contributed by atoms with E-state index in [9.17, 15) is 0 Å². The van der Waals surface area contributed by atoms with Crippen molar-refractivity contribution >= 4 is 11.8 Å². The average Bonchev–Trinajstić information content (AvgIpc) is 2.53. The predicted octanol–water partition coefficient (Wildman–Crippen LogP) is 3.24. The second-order valence-corrected chi connectivity index (χ2v) is 5.72. The number of methoxy groups -OCH3 is 1. The number of hydrogen-bond acceptors (Lipinski definition) is 5. The van der Waals surface area contributed by atoms with Crippen molar-refractivity contribution < 1.29 is 4.74 Å². The maximum absolute atomic E-state index is 5.20. The van der Waals surface area contributed by atoms with Crippen LogP contribution >= 0.6 is 11.8 Å². The maximum Gasteiger partial charge on any atom is 0.187 e. The minimum atomic E-state index is 0.274. The van der Waals surface area contributed by atoms with Gasteiger partial charge in [0, 0.05) is 24.2 Å². The van der Waals surface area contributed by atoms with Crippen LogP contribution in [0.15, 0.2) is 41.8 Å². The monoisotopic (exact) mass is 303 g/mol. The van der Waals surface area contributed by atoms with Gasteiger partial charge >= 0.3 is 0 Å². The van der Waals surface area contributed by atoms with Crippen molar-refractivity contribution in [3.05, 3.63) is 47.8 Å². The molecule has 1 heterocycles. The van der Waals surface area contributed by atoms with E-state index in [0.29, 0.717) is 0 Å². The SMILES string of the molecule is CCNC(CSc1ncc(C)cn1)c1ccc(OC)cc1. The summed E-state index contributed by atoms with van der Waals surface area (Å²) in [6, 6.07) is 8.46. The molecule has 0 aliphatic carbocycles. The Labute approximate surface area is 130 Å². The molecule has 1 N–H and O–H groups in total. The number of hydrogen-bond donors (Lipinski definition) is 1. The van der Waals surface area contributed by atoms with Gasteiger partial charge in [-0.15, -0.1) is 0 Å². The number of aryl methyl sites for hydroxylation is 1. The Morgan fingerprint density at radius 1 is 1.19 bits per heavy atom. The van der Waals surface area contributed by atoms with Crippen molar-refractivity contribution in [2.24, 2.45) is 0 Å². The molecule has 1 atom stereocenters. The minimum Gasteiger partial charge on any atom is -0.497 e. The summed E-state index contributed by atoms with van der Waals surface area (Å²) in [5.41, 5.74) is 2.33. The second kappa shape index (κ2) is 8.00. The van der Waals surface area contributed by atoms with Crippen LogP contribution in [0.5, 0.6) is 5.75 Å². The van der Waals surface area contributed by atoms with Gasteiger partial charge in [-0.05, 0) is 36.7 Å². The van der Waals surface area contributed by atoms with Gasteiger partial charge in [-0.3, -0.25) is 0 Å². The lowest BCUT2D eigenvalue weighted by molar-refractivity contribution is 0.414. The largest absolute Gasteiger partial charge is 0.497 e. The average molecular weight is 303 g/mol. The molecule has 0 amide bonds. The van der Waals surface area contributed by atoms with E-state index >= 15 is 0 Å². The van der Waals surface area contributed by atoms with Crippen LogP contribution < -0.4 is 10.1 Å². The van der Waals surface area contributed by atoms with Gasteiger partial charge in [0.25, 0.3) is 0 Å². The van der Waals surface area contributed by atoms with Crippen molar-refractivity contribution in [3.63, 3.8) is 0 Å². The Hall–Kier alpha value is -1.59. The number of aromatic nitrogens is 2. The lowest BCUT2D eigenvalue weighted by atomic mass is 10.1. The maximum atomic E-state index is 5.20. The Kier molecular flexibility index (Phi) is 6.02. The fraction of sp³-hybridized carbons (Fsp3) is 0.375. The highest BCUT2D eigenvalue weighted by Gasteiger charge is 2.12. The van der Waals surface area contributed by atoms with Gasteiger partial charge in [0.15, 0.2) is 5.16 Å².